The molecule has 3 nitrogen and oxygen atoms in total. The van der Waals surface area contributed by atoms with Gasteiger partial charge in [0.15, 0.2) is 0 Å². The van der Waals surface area contributed by atoms with Gasteiger partial charge < -0.3 is 9.64 Å². The minimum Gasteiger partial charge on any atom is -0.464 e. The van der Waals surface area contributed by atoms with E-state index in [-0.39, 0.29) is 5.97 Å². The van der Waals surface area contributed by atoms with Crippen LogP contribution in [0.1, 0.15) is 32.3 Å². The van der Waals surface area contributed by atoms with Crippen LogP contribution in [-0.2, 0) is 14.9 Å². The molecule has 0 fully saturated rings. The van der Waals surface area contributed by atoms with Crippen LogP contribution in [0.4, 0.5) is 0 Å². The van der Waals surface area contributed by atoms with Gasteiger partial charge in [-0.15, -0.1) is 13.2 Å². The Bertz CT molecular complexity index is 482. The first-order chi connectivity index (χ1) is 11.1. The molecule has 1 rings (SSSR count). The van der Waals surface area contributed by atoms with Gasteiger partial charge in [0.25, 0.3) is 0 Å². The molecule has 0 saturated heterocycles. The van der Waals surface area contributed by atoms with Crippen molar-refractivity contribution in [3.05, 3.63) is 61.2 Å². The molecule has 126 valence electrons. The number of carbonyl (C=O) groups excluding carboxylic acids is 1. The van der Waals surface area contributed by atoms with E-state index >= 15 is 0 Å². The summed E-state index contributed by atoms with van der Waals surface area (Å²) in [6.45, 7) is 14.9. The van der Waals surface area contributed by atoms with E-state index in [1.54, 1.807) is 12.2 Å². The average Bonchev–Trinajstić information content (AvgIpc) is 2.59. The van der Waals surface area contributed by atoms with Crippen molar-refractivity contribution in [3.8, 4) is 0 Å². The molecule has 0 unspecified atom stereocenters. The van der Waals surface area contributed by atoms with Gasteiger partial charge in [-0.1, -0.05) is 56.3 Å². The minimum atomic E-state index is -0.728. The van der Waals surface area contributed by atoms with Crippen LogP contribution in [0.2, 0.25) is 0 Å². The Morgan fingerprint density at radius 1 is 1.13 bits per heavy atom. The molecule has 1 aromatic rings. The molecule has 0 N–H and O–H groups in total. The molecule has 1 aromatic carbocycles. The van der Waals surface area contributed by atoms with Gasteiger partial charge in [0.2, 0.25) is 0 Å². The van der Waals surface area contributed by atoms with Crippen molar-refractivity contribution in [1.29, 1.82) is 0 Å². The first-order valence-electron chi connectivity index (χ1n) is 8.31. The van der Waals surface area contributed by atoms with Crippen molar-refractivity contribution in [1.82, 2.24) is 4.90 Å². The molecule has 23 heavy (non-hydrogen) atoms. The zero-order chi connectivity index (χ0) is 17.1. The summed E-state index contributed by atoms with van der Waals surface area (Å²) in [4.78, 5) is 15.1. The number of allylic oxidation sites excluding steroid dienone is 2. The fourth-order valence-electron chi connectivity index (χ4n) is 2.80. The summed E-state index contributed by atoms with van der Waals surface area (Å²) in [6, 6.07) is 9.78. The number of rotatable bonds is 11. The lowest BCUT2D eigenvalue weighted by molar-refractivity contribution is -0.151. The molecule has 0 radical (unpaired) electrons. The Kier molecular flexibility index (Phi) is 8.35. The number of ether oxygens (including phenoxy) is 1. The lowest BCUT2D eigenvalue weighted by Crippen LogP contribution is -2.38. The van der Waals surface area contributed by atoms with Gasteiger partial charge in [0.05, 0.1) is 5.41 Å². The van der Waals surface area contributed by atoms with Gasteiger partial charge in [-0.05, 0) is 31.5 Å². The summed E-state index contributed by atoms with van der Waals surface area (Å²) in [6.07, 6.45) is 4.63. The highest BCUT2D eigenvalue weighted by molar-refractivity contribution is 5.83. The maximum Gasteiger partial charge on any atom is 0.317 e. The van der Waals surface area contributed by atoms with E-state index in [1.807, 2.05) is 30.3 Å². The number of benzene rings is 1. The second-order valence-electron chi connectivity index (χ2n) is 5.60. The van der Waals surface area contributed by atoms with E-state index in [0.717, 1.165) is 25.2 Å². The second-order valence-corrected chi connectivity index (χ2v) is 5.60. The van der Waals surface area contributed by atoms with Crippen molar-refractivity contribution >= 4 is 5.97 Å². The summed E-state index contributed by atoms with van der Waals surface area (Å²) >= 11 is 0. The van der Waals surface area contributed by atoms with Crippen LogP contribution in [-0.4, -0.2) is 37.1 Å². The molecule has 0 aliphatic rings. The summed E-state index contributed by atoms with van der Waals surface area (Å²) in [5.41, 5.74) is 0.223. The Morgan fingerprint density at radius 3 is 2.17 bits per heavy atom. The maximum atomic E-state index is 12.9. The van der Waals surface area contributed by atoms with E-state index in [2.05, 4.69) is 31.9 Å². The topological polar surface area (TPSA) is 29.5 Å². The predicted octanol–water partition coefficient (Wildman–Crippen LogP) is 3.96. The van der Waals surface area contributed by atoms with Gasteiger partial charge in [0.1, 0.15) is 6.61 Å². The highest BCUT2D eigenvalue weighted by atomic mass is 16.5. The van der Waals surface area contributed by atoms with Crippen LogP contribution >= 0.6 is 0 Å². The Labute approximate surface area is 140 Å². The van der Waals surface area contributed by atoms with E-state index in [4.69, 9.17) is 4.74 Å². The van der Waals surface area contributed by atoms with Crippen LogP contribution in [0.25, 0.3) is 0 Å². The number of hydrogen-bond acceptors (Lipinski definition) is 3. The van der Waals surface area contributed by atoms with Crippen LogP contribution < -0.4 is 0 Å². The quantitative estimate of drug-likeness (QED) is 0.457. The molecular formula is C20H29NO2. The molecule has 0 aromatic heterocycles. The summed E-state index contributed by atoms with van der Waals surface area (Å²) in [5, 5.41) is 0. The van der Waals surface area contributed by atoms with Gasteiger partial charge in [0, 0.05) is 6.54 Å². The lowest BCUT2D eigenvalue weighted by atomic mass is 9.75. The van der Waals surface area contributed by atoms with E-state index in [0.29, 0.717) is 19.4 Å². The summed E-state index contributed by atoms with van der Waals surface area (Å²) in [7, 11) is 0. The third kappa shape index (κ3) is 5.07. The first kappa shape index (κ1) is 19.2. The monoisotopic (exact) mass is 315 g/mol. The fraction of sp³-hybridized carbons (Fsp3) is 0.450. The molecule has 0 bridgehead atoms. The molecule has 0 aliphatic heterocycles. The standard InChI is InChI=1S/C20H29NO2/c1-5-14-20(15-6-2,18-12-10-9-11-13-18)19(22)23-17-16-21(7-3)8-4/h5-6,9-13H,1-2,7-8,14-17H2,3-4H3. The second kappa shape index (κ2) is 10.0. The van der Waals surface area contributed by atoms with Gasteiger partial charge in [-0.25, -0.2) is 0 Å². The van der Waals surface area contributed by atoms with Crippen LogP contribution in [0.3, 0.4) is 0 Å². The third-order valence-electron chi connectivity index (χ3n) is 4.24. The SMILES string of the molecule is C=CCC(CC=C)(C(=O)OCCN(CC)CC)c1ccccc1. The molecule has 0 amide bonds. The van der Waals surface area contributed by atoms with Gasteiger partial charge in [-0.2, -0.15) is 0 Å². The van der Waals surface area contributed by atoms with E-state index < -0.39 is 5.41 Å². The van der Waals surface area contributed by atoms with Gasteiger partial charge in [-0.3, -0.25) is 4.79 Å². The largest absolute Gasteiger partial charge is 0.464 e. The van der Waals surface area contributed by atoms with Crippen molar-refractivity contribution < 1.29 is 9.53 Å². The van der Waals surface area contributed by atoms with Crippen molar-refractivity contribution in [2.75, 3.05) is 26.2 Å². The molecule has 3 heteroatoms. The molecule has 0 heterocycles. The number of nitrogens with zero attached hydrogens (tertiary/aromatic N) is 1. The van der Waals surface area contributed by atoms with Gasteiger partial charge >= 0.3 is 5.97 Å². The van der Waals surface area contributed by atoms with Crippen LogP contribution in [0.5, 0.6) is 0 Å². The summed E-state index contributed by atoms with van der Waals surface area (Å²) < 4.78 is 5.63. The smallest absolute Gasteiger partial charge is 0.317 e. The fourth-order valence-corrected chi connectivity index (χ4v) is 2.80. The zero-order valence-corrected chi connectivity index (χ0v) is 14.5. The van der Waals surface area contributed by atoms with Crippen molar-refractivity contribution in [3.63, 3.8) is 0 Å². The van der Waals surface area contributed by atoms with Crippen LogP contribution in [0, 0.1) is 0 Å². The normalized spacial score (nSPS) is 11.3. The maximum absolute atomic E-state index is 12.9. The third-order valence-corrected chi connectivity index (χ3v) is 4.24. The average molecular weight is 315 g/mol. The highest BCUT2D eigenvalue weighted by Gasteiger charge is 2.39. The first-order valence-corrected chi connectivity index (χ1v) is 8.31. The molecule has 0 saturated carbocycles. The molecular weight excluding hydrogens is 286 g/mol. The number of esters is 1. The van der Waals surface area contributed by atoms with E-state index in [1.165, 1.54) is 0 Å². The molecule has 0 atom stereocenters. The Balaban J connectivity index is 2.92. The van der Waals surface area contributed by atoms with Crippen molar-refractivity contribution in [2.24, 2.45) is 0 Å². The predicted molar refractivity (Wildman–Crippen MR) is 96.5 cm³/mol. The minimum absolute atomic E-state index is 0.198. The van der Waals surface area contributed by atoms with Crippen LogP contribution in [0.15, 0.2) is 55.6 Å². The van der Waals surface area contributed by atoms with E-state index in [9.17, 15) is 4.79 Å². The number of carbonyl (C=O) groups is 1. The highest BCUT2D eigenvalue weighted by Crippen LogP contribution is 2.34. The lowest BCUT2D eigenvalue weighted by Gasteiger charge is -2.30. The Hall–Kier alpha value is -1.87. The number of likely N-dealkylation sites (N-methyl/N-ethyl adjacent to an activating group) is 1. The Morgan fingerprint density at radius 2 is 1.70 bits per heavy atom. The van der Waals surface area contributed by atoms with Crippen molar-refractivity contribution in [2.45, 2.75) is 32.1 Å². The molecule has 0 aliphatic carbocycles. The molecule has 0 spiro atoms. The summed E-state index contributed by atoms with van der Waals surface area (Å²) in [5.74, 6) is -0.198. The number of hydrogen-bond donors (Lipinski definition) is 0. The zero-order valence-electron chi connectivity index (χ0n) is 14.5.